The molecule has 3 aromatic rings. The molecule has 0 unspecified atom stereocenters. The maximum atomic E-state index is 5.32. The second-order valence-corrected chi connectivity index (χ2v) is 6.37. The lowest BCUT2D eigenvalue weighted by atomic mass is 10.1. The van der Waals surface area contributed by atoms with Gasteiger partial charge in [-0.25, -0.2) is 0 Å². The molecule has 3 heterocycles. The Morgan fingerprint density at radius 3 is 2.92 bits per heavy atom. The number of rotatable bonds is 7. The zero-order valence-electron chi connectivity index (χ0n) is 15.4. The summed E-state index contributed by atoms with van der Waals surface area (Å²) in [5.74, 6) is 2.86. The molecule has 0 saturated heterocycles. The van der Waals surface area contributed by atoms with Crippen LogP contribution in [-0.4, -0.2) is 39.3 Å². The van der Waals surface area contributed by atoms with Crippen LogP contribution >= 0.6 is 0 Å². The summed E-state index contributed by atoms with van der Waals surface area (Å²) in [6, 6.07) is 7.87. The van der Waals surface area contributed by atoms with Crippen LogP contribution in [0.4, 0.5) is 0 Å². The van der Waals surface area contributed by atoms with E-state index in [0.29, 0.717) is 12.5 Å². The number of fused-ring (bicyclic) bond motifs is 1. The van der Waals surface area contributed by atoms with Gasteiger partial charge >= 0.3 is 0 Å². The molecule has 0 radical (unpaired) electrons. The van der Waals surface area contributed by atoms with E-state index in [0.717, 1.165) is 48.3 Å². The third-order valence-electron chi connectivity index (χ3n) is 4.08. The third kappa shape index (κ3) is 4.38. The van der Waals surface area contributed by atoms with Gasteiger partial charge in [0.25, 0.3) is 0 Å². The van der Waals surface area contributed by atoms with Crippen molar-refractivity contribution < 1.29 is 4.52 Å². The standard InChI is InChI=1S/C18H25N7O/c1-13(2)15-11-14(26-24-15)12-21-18(19-3)20-9-6-8-17-23-22-16-7-4-5-10-25(16)17/h4-5,7,10-11,13H,6,8-9,12H2,1-3H3,(H2,19,20,21). The zero-order valence-corrected chi connectivity index (χ0v) is 15.4. The minimum atomic E-state index is 0.359. The summed E-state index contributed by atoms with van der Waals surface area (Å²) >= 11 is 0. The summed E-state index contributed by atoms with van der Waals surface area (Å²) in [7, 11) is 1.75. The Kier molecular flexibility index (Phi) is 5.83. The van der Waals surface area contributed by atoms with Crippen LogP contribution in [0.1, 0.15) is 43.5 Å². The molecule has 26 heavy (non-hydrogen) atoms. The van der Waals surface area contributed by atoms with Crippen molar-refractivity contribution in [1.82, 2.24) is 30.4 Å². The second-order valence-electron chi connectivity index (χ2n) is 6.37. The smallest absolute Gasteiger partial charge is 0.191 e. The van der Waals surface area contributed by atoms with Gasteiger partial charge in [-0.2, -0.15) is 0 Å². The quantitative estimate of drug-likeness (QED) is 0.383. The average molecular weight is 355 g/mol. The van der Waals surface area contributed by atoms with Crippen LogP contribution in [0.2, 0.25) is 0 Å². The van der Waals surface area contributed by atoms with E-state index in [1.54, 1.807) is 7.05 Å². The molecule has 0 spiro atoms. The zero-order chi connectivity index (χ0) is 18.4. The van der Waals surface area contributed by atoms with Crippen LogP contribution in [0, 0.1) is 0 Å². The van der Waals surface area contributed by atoms with Gasteiger partial charge in [0.1, 0.15) is 5.82 Å². The first-order chi connectivity index (χ1) is 12.7. The Balaban J connectivity index is 1.42. The minimum Gasteiger partial charge on any atom is -0.359 e. The Labute approximate surface area is 152 Å². The maximum Gasteiger partial charge on any atom is 0.191 e. The van der Waals surface area contributed by atoms with Crippen molar-refractivity contribution in [2.75, 3.05) is 13.6 Å². The van der Waals surface area contributed by atoms with E-state index in [1.165, 1.54) is 0 Å². The highest BCUT2D eigenvalue weighted by Crippen LogP contribution is 2.13. The lowest BCUT2D eigenvalue weighted by Crippen LogP contribution is -2.37. The van der Waals surface area contributed by atoms with Gasteiger partial charge in [-0.15, -0.1) is 10.2 Å². The topological polar surface area (TPSA) is 92.6 Å². The molecule has 0 fully saturated rings. The van der Waals surface area contributed by atoms with Gasteiger partial charge in [0.2, 0.25) is 0 Å². The van der Waals surface area contributed by atoms with Gasteiger partial charge in [0.15, 0.2) is 17.4 Å². The van der Waals surface area contributed by atoms with Gasteiger partial charge in [0, 0.05) is 32.3 Å². The molecule has 138 valence electrons. The first-order valence-corrected chi connectivity index (χ1v) is 8.86. The van der Waals surface area contributed by atoms with Crippen molar-refractivity contribution in [3.8, 4) is 0 Å². The highest BCUT2D eigenvalue weighted by atomic mass is 16.5. The molecule has 0 aliphatic heterocycles. The highest BCUT2D eigenvalue weighted by molar-refractivity contribution is 5.79. The fourth-order valence-corrected chi connectivity index (χ4v) is 2.59. The van der Waals surface area contributed by atoms with E-state index >= 15 is 0 Å². The number of aryl methyl sites for hydroxylation is 1. The fourth-order valence-electron chi connectivity index (χ4n) is 2.59. The Bertz CT molecular complexity index is 865. The van der Waals surface area contributed by atoms with E-state index in [1.807, 2.05) is 34.9 Å². The Morgan fingerprint density at radius 1 is 1.27 bits per heavy atom. The molecule has 0 aliphatic rings. The number of aromatic nitrogens is 4. The van der Waals surface area contributed by atoms with Crippen molar-refractivity contribution >= 4 is 11.6 Å². The van der Waals surface area contributed by atoms with Crippen molar-refractivity contribution in [2.45, 2.75) is 39.2 Å². The number of hydrogen-bond acceptors (Lipinski definition) is 5. The van der Waals surface area contributed by atoms with E-state index in [-0.39, 0.29) is 0 Å². The van der Waals surface area contributed by atoms with E-state index in [2.05, 4.69) is 44.8 Å². The van der Waals surface area contributed by atoms with Crippen LogP contribution in [-0.2, 0) is 13.0 Å². The number of nitrogens with one attached hydrogen (secondary N) is 2. The van der Waals surface area contributed by atoms with Crippen LogP contribution in [0.15, 0.2) is 40.0 Å². The molecular formula is C18H25N7O. The lowest BCUT2D eigenvalue weighted by Gasteiger charge is -2.10. The minimum absolute atomic E-state index is 0.359. The molecule has 8 heteroatoms. The molecule has 2 N–H and O–H groups in total. The summed E-state index contributed by atoms with van der Waals surface area (Å²) in [4.78, 5) is 4.23. The molecule has 0 bridgehead atoms. The van der Waals surface area contributed by atoms with Crippen molar-refractivity contribution in [1.29, 1.82) is 0 Å². The third-order valence-corrected chi connectivity index (χ3v) is 4.08. The molecular weight excluding hydrogens is 330 g/mol. The second kappa shape index (κ2) is 8.46. The van der Waals surface area contributed by atoms with Crippen molar-refractivity contribution in [3.05, 3.63) is 47.7 Å². The summed E-state index contributed by atoms with van der Waals surface area (Å²) in [6.07, 6.45) is 3.76. The predicted octanol–water partition coefficient (Wildman–Crippen LogP) is 2.14. The molecule has 0 aliphatic carbocycles. The molecule has 0 amide bonds. The molecule has 0 atom stereocenters. The van der Waals surface area contributed by atoms with Crippen LogP contribution in [0.3, 0.4) is 0 Å². The molecule has 0 aromatic carbocycles. The monoisotopic (exact) mass is 355 g/mol. The normalized spacial score (nSPS) is 12.1. The lowest BCUT2D eigenvalue weighted by molar-refractivity contribution is 0.372. The number of aliphatic imine (C=N–C) groups is 1. The first kappa shape index (κ1) is 17.9. The molecule has 0 saturated carbocycles. The molecule has 3 rings (SSSR count). The number of hydrogen-bond donors (Lipinski definition) is 2. The van der Waals surface area contributed by atoms with E-state index in [9.17, 15) is 0 Å². The Morgan fingerprint density at radius 2 is 2.15 bits per heavy atom. The summed E-state index contributed by atoms with van der Waals surface area (Å²) in [5.41, 5.74) is 1.84. The predicted molar refractivity (Wildman–Crippen MR) is 100 cm³/mol. The molecule has 3 aromatic heterocycles. The first-order valence-electron chi connectivity index (χ1n) is 8.86. The average Bonchev–Trinajstić information content (AvgIpc) is 3.28. The van der Waals surface area contributed by atoms with Gasteiger partial charge in [-0.1, -0.05) is 25.1 Å². The molecule has 8 nitrogen and oxygen atoms in total. The van der Waals surface area contributed by atoms with Crippen LogP contribution in [0.5, 0.6) is 0 Å². The summed E-state index contributed by atoms with van der Waals surface area (Å²) in [5, 5.41) is 19.0. The van der Waals surface area contributed by atoms with E-state index < -0.39 is 0 Å². The fraction of sp³-hybridized carbons (Fsp3) is 0.444. The van der Waals surface area contributed by atoms with Crippen molar-refractivity contribution in [2.24, 2.45) is 4.99 Å². The number of guanidine groups is 1. The van der Waals surface area contributed by atoms with Crippen LogP contribution < -0.4 is 10.6 Å². The maximum absolute atomic E-state index is 5.32. The number of nitrogens with zero attached hydrogens (tertiary/aromatic N) is 5. The van der Waals surface area contributed by atoms with E-state index in [4.69, 9.17) is 4.52 Å². The Hall–Kier alpha value is -2.90. The summed E-state index contributed by atoms with van der Waals surface area (Å²) in [6.45, 7) is 5.52. The SMILES string of the molecule is CN=C(NCCCc1nnc2ccccn12)NCc1cc(C(C)C)no1. The largest absolute Gasteiger partial charge is 0.359 e. The van der Waals surface area contributed by atoms with Gasteiger partial charge in [0.05, 0.1) is 12.2 Å². The van der Waals surface area contributed by atoms with Crippen molar-refractivity contribution in [3.63, 3.8) is 0 Å². The van der Waals surface area contributed by atoms with Gasteiger partial charge in [-0.3, -0.25) is 9.39 Å². The van der Waals surface area contributed by atoms with Gasteiger partial charge < -0.3 is 15.2 Å². The summed E-state index contributed by atoms with van der Waals surface area (Å²) < 4.78 is 7.34. The van der Waals surface area contributed by atoms with Gasteiger partial charge in [-0.05, 0) is 24.5 Å². The highest BCUT2D eigenvalue weighted by Gasteiger charge is 2.08. The van der Waals surface area contributed by atoms with Crippen LogP contribution in [0.25, 0.3) is 5.65 Å². The number of pyridine rings is 1.